The zero-order chi connectivity index (χ0) is 20.0. The van der Waals surface area contributed by atoms with E-state index in [9.17, 15) is 0 Å². The molecule has 3 heterocycles. The average molecular weight is 392 g/mol. The smallest absolute Gasteiger partial charge is 0.223 e. The first-order valence-corrected chi connectivity index (χ1v) is 9.35. The number of nitrogen functional groups attached to an aromatic ring is 1. The van der Waals surface area contributed by atoms with Gasteiger partial charge in [-0.25, -0.2) is 19.9 Å². The molecular formula is C19H20N8O2. The Balaban J connectivity index is 1.46. The van der Waals surface area contributed by atoms with Crippen molar-refractivity contribution in [2.75, 3.05) is 31.3 Å². The molecular weight excluding hydrogens is 372 g/mol. The van der Waals surface area contributed by atoms with Crippen molar-refractivity contribution in [3.63, 3.8) is 0 Å². The quantitative estimate of drug-likeness (QED) is 0.444. The average Bonchev–Trinajstić information content (AvgIpc) is 3.42. The number of ether oxygens (including phenoxy) is 1. The van der Waals surface area contributed by atoms with Gasteiger partial charge in [-0.2, -0.15) is 4.52 Å². The molecule has 0 spiro atoms. The molecule has 4 aromatic rings. The normalized spacial score (nSPS) is 18.3. The number of aromatic nitrogens is 6. The first-order chi connectivity index (χ1) is 14.2. The van der Waals surface area contributed by atoms with Gasteiger partial charge in [0.25, 0.3) is 0 Å². The number of nitrogens with one attached hydrogen (secondary N) is 1. The molecule has 1 saturated carbocycles. The second-order valence-electron chi connectivity index (χ2n) is 6.97. The van der Waals surface area contributed by atoms with E-state index in [1.165, 1.54) is 0 Å². The number of anilines is 2. The predicted octanol–water partition coefficient (Wildman–Crippen LogP) is 1.33. The minimum atomic E-state index is 0.0356. The van der Waals surface area contributed by atoms with Crippen LogP contribution in [0.4, 0.5) is 11.9 Å². The molecule has 10 nitrogen and oxygen atoms in total. The maximum atomic E-state index is 8.86. The maximum Gasteiger partial charge on any atom is 0.223 e. The lowest BCUT2D eigenvalue weighted by Gasteiger charge is -2.06. The number of aliphatic hydroxyl groups is 1. The Hall–Kier alpha value is -3.53. The molecule has 3 aromatic heterocycles. The van der Waals surface area contributed by atoms with Crippen LogP contribution in [0, 0.1) is 0 Å². The van der Waals surface area contributed by atoms with E-state index in [4.69, 9.17) is 20.6 Å². The summed E-state index contributed by atoms with van der Waals surface area (Å²) >= 11 is 0. The molecule has 0 aliphatic heterocycles. The maximum absolute atomic E-state index is 8.86. The van der Waals surface area contributed by atoms with E-state index in [2.05, 4.69) is 25.4 Å². The van der Waals surface area contributed by atoms with E-state index < -0.39 is 0 Å². The largest absolute Gasteiger partial charge is 0.494 e. The fourth-order valence-corrected chi connectivity index (χ4v) is 3.60. The van der Waals surface area contributed by atoms with Gasteiger partial charge in [0.15, 0.2) is 11.5 Å². The molecule has 2 atom stereocenters. The number of rotatable bonds is 6. The number of fused-ring (bicyclic) bond motifs is 3. The molecule has 2 unspecified atom stereocenters. The number of aliphatic hydroxyl groups excluding tert-OH is 1. The van der Waals surface area contributed by atoms with Gasteiger partial charge >= 0.3 is 0 Å². The number of hydrogen-bond donors (Lipinski definition) is 3. The fraction of sp³-hybridized carbons (Fsp3) is 0.316. The summed E-state index contributed by atoms with van der Waals surface area (Å²) < 4.78 is 6.99. The lowest BCUT2D eigenvalue weighted by Crippen LogP contribution is -2.08. The van der Waals surface area contributed by atoms with Gasteiger partial charge in [-0.05, 0) is 30.0 Å². The van der Waals surface area contributed by atoms with Crippen LogP contribution >= 0.6 is 0 Å². The molecule has 1 aliphatic carbocycles. The van der Waals surface area contributed by atoms with Gasteiger partial charge in [0.1, 0.15) is 11.3 Å². The van der Waals surface area contributed by atoms with Crippen molar-refractivity contribution in [1.29, 1.82) is 0 Å². The third kappa shape index (κ3) is 2.97. The lowest BCUT2D eigenvalue weighted by atomic mass is 10.2. The van der Waals surface area contributed by atoms with Crippen LogP contribution in [0.15, 0.2) is 30.6 Å². The summed E-state index contributed by atoms with van der Waals surface area (Å²) in [4.78, 5) is 17.8. The van der Waals surface area contributed by atoms with E-state index in [0.29, 0.717) is 29.4 Å². The van der Waals surface area contributed by atoms with Crippen molar-refractivity contribution in [2.24, 2.45) is 0 Å². The highest BCUT2D eigenvalue weighted by Crippen LogP contribution is 2.53. The molecule has 148 valence electrons. The summed E-state index contributed by atoms with van der Waals surface area (Å²) in [6.45, 7) is 0.457. The Morgan fingerprint density at radius 2 is 2.07 bits per heavy atom. The zero-order valence-corrected chi connectivity index (χ0v) is 15.8. The Kier molecular flexibility index (Phi) is 4.13. The van der Waals surface area contributed by atoms with Gasteiger partial charge < -0.3 is 20.9 Å². The molecule has 1 aliphatic rings. The third-order valence-electron chi connectivity index (χ3n) is 5.14. The van der Waals surface area contributed by atoms with Crippen molar-refractivity contribution in [2.45, 2.75) is 18.3 Å². The van der Waals surface area contributed by atoms with Gasteiger partial charge in [-0.15, -0.1) is 5.10 Å². The van der Waals surface area contributed by atoms with Crippen molar-refractivity contribution in [1.82, 2.24) is 29.5 Å². The number of nitrogens with two attached hydrogens (primary N) is 1. The monoisotopic (exact) mass is 392 g/mol. The minimum absolute atomic E-state index is 0.0356. The molecule has 5 rings (SSSR count). The molecule has 29 heavy (non-hydrogen) atoms. The highest BCUT2D eigenvalue weighted by Gasteiger charge is 2.43. The van der Waals surface area contributed by atoms with Crippen LogP contribution in [0.25, 0.3) is 16.6 Å². The van der Waals surface area contributed by atoms with Gasteiger partial charge in [-0.3, -0.25) is 0 Å². The summed E-state index contributed by atoms with van der Waals surface area (Å²) in [5.74, 6) is 2.63. The molecule has 1 aromatic carbocycles. The van der Waals surface area contributed by atoms with Crippen LogP contribution in [0.3, 0.4) is 0 Å². The second-order valence-corrected chi connectivity index (χ2v) is 6.97. The van der Waals surface area contributed by atoms with E-state index >= 15 is 0 Å². The first-order valence-electron chi connectivity index (χ1n) is 9.35. The highest BCUT2D eigenvalue weighted by molar-refractivity contribution is 5.95. The van der Waals surface area contributed by atoms with Crippen LogP contribution < -0.4 is 15.8 Å². The van der Waals surface area contributed by atoms with Crippen LogP contribution in [0.1, 0.15) is 29.6 Å². The molecule has 10 heteroatoms. The number of methoxy groups -OCH3 is 1. The molecule has 0 radical (unpaired) electrons. The molecule has 0 amide bonds. The van der Waals surface area contributed by atoms with E-state index in [1.807, 2.05) is 30.6 Å². The van der Waals surface area contributed by atoms with Gasteiger partial charge in [0, 0.05) is 30.2 Å². The Labute approximate surface area is 165 Å². The lowest BCUT2D eigenvalue weighted by molar-refractivity contribution is 0.311. The molecule has 0 bridgehead atoms. The topological polar surface area (TPSA) is 136 Å². The van der Waals surface area contributed by atoms with Crippen molar-refractivity contribution < 1.29 is 9.84 Å². The second kappa shape index (κ2) is 6.82. The first kappa shape index (κ1) is 17.6. The molecule has 0 saturated heterocycles. The van der Waals surface area contributed by atoms with Gasteiger partial charge in [-0.1, -0.05) is 6.07 Å². The van der Waals surface area contributed by atoms with Crippen LogP contribution in [-0.2, 0) is 0 Å². The predicted molar refractivity (Wildman–Crippen MR) is 107 cm³/mol. The van der Waals surface area contributed by atoms with E-state index in [1.54, 1.807) is 11.6 Å². The number of nitrogens with zero attached hydrogens (tertiary/aromatic N) is 6. The van der Waals surface area contributed by atoms with Gasteiger partial charge in [0.05, 0.1) is 13.7 Å². The Morgan fingerprint density at radius 3 is 2.83 bits per heavy atom. The Morgan fingerprint density at radius 1 is 1.24 bits per heavy atom. The van der Waals surface area contributed by atoms with Crippen LogP contribution in [-0.4, -0.2) is 54.9 Å². The summed E-state index contributed by atoms with van der Waals surface area (Å²) in [5.41, 5.74) is 8.52. The van der Waals surface area contributed by atoms with Crippen LogP contribution in [0.2, 0.25) is 0 Å². The standard InChI is InChI=1S/C19H20N8O2/c1-29-14-4-2-3-11-15(14)24-18(20)27-17(11)25-16(26-27)13-7-12(13)10-8-22-19(23-9-10)21-5-6-28/h2-4,8-9,12-13,28H,5-7H2,1H3,(H2,20,24)(H,21,22,23). The SMILES string of the molecule is COc1cccc2c1nc(N)n1nc(C3CC3c3cnc(NCCO)nc3)nc21. The third-order valence-corrected chi connectivity index (χ3v) is 5.14. The number of hydrogen-bond acceptors (Lipinski definition) is 9. The summed E-state index contributed by atoms with van der Waals surface area (Å²) in [7, 11) is 1.60. The highest BCUT2D eigenvalue weighted by atomic mass is 16.5. The zero-order valence-electron chi connectivity index (χ0n) is 15.8. The summed E-state index contributed by atoms with van der Waals surface area (Å²) in [5, 5.41) is 17.3. The minimum Gasteiger partial charge on any atom is -0.494 e. The molecule has 4 N–H and O–H groups in total. The Bertz CT molecular complexity index is 1190. The number of para-hydroxylation sites is 1. The van der Waals surface area contributed by atoms with E-state index in [0.717, 1.165) is 23.2 Å². The fourth-order valence-electron chi connectivity index (χ4n) is 3.60. The van der Waals surface area contributed by atoms with Crippen LogP contribution in [0.5, 0.6) is 5.75 Å². The van der Waals surface area contributed by atoms with E-state index in [-0.39, 0.29) is 24.4 Å². The summed E-state index contributed by atoms with van der Waals surface area (Å²) in [6.07, 6.45) is 4.55. The molecule has 1 fully saturated rings. The van der Waals surface area contributed by atoms with Crippen molar-refractivity contribution >= 4 is 28.4 Å². The van der Waals surface area contributed by atoms with Crippen molar-refractivity contribution in [3.05, 3.63) is 42.0 Å². The number of benzene rings is 1. The van der Waals surface area contributed by atoms with Gasteiger partial charge in [0.2, 0.25) is 11.9 Å². The van der Waals surface area contributed by atoms with Crippen molar-refractivity contribution in [3.8, 4) is 5.75 Å². The summed E-state index contributed by atoms with van der Waals surface area (Å²) in [6, 6.07) is 5.68.